The van der Waals surface area contributed by atoms with E-state index in [4.69, 9.17) is 11.6 Å². The molecule has 0 saturated carbocycles. The van der Waals surface area contributed by atoms with Crippen LogP contribution in [0.1, 0.15) is 32.8 Å². The van der Waals surface area contributed by atoms with Crippen molar-refractivity contribution < 1.29 is 19.5 Å². The summed E-state index contributed by atoms with van der Waals surface area (Å²) in [6, 6.07) is 4.12. The minimum atomic E-state index is -1.42. The van der Waals surface area contributed by atoms with Gasteiger partial charge in [0.05, 0.1) is 28.6 Å². The van der Waals surface area contributed by atoms with Crippen LogP contribution in [0.5, 0.6) is 0 Å². The van der Waals surface area contributed by atoms with Crippen LogP contribution in [0.4, 0.5) is 5.69 Å². The molecule has 144 valence electrons. The van der Waals surface area contributed by atoms with E-state index in [2.05, 4.69) is 10.6 Å². The summed E-state index contributed by atoms with van der Waals surface area (Å²) >= 11 is 6.25. The molecule has 3 N–H and O–H groups in total. The second kappa shape index (κ2) is 6.02. The Balaban J connectivity index is 1.92. The van der Waals surface area contributed by atoms with Crippen LogP contribution in [0.25, 0.3) is 0 Å². The zero-order valence-electron chi connectivity index (χ0n) is 15.3. The maximum Gasteiger partial charge on any atom is 0.250 e. The van der Waals surface area contributed by atoms with E-state index in [0.29, 0.717) is 22.7 Å². The summed E-state index contributed by atoms with van der Waals surface area (Å²) in [4.78, 5) is 40.9. The Hall–Kier alpha value is -1.96. The normalized spacial score (nSPS) is 34.0. The molecule has 3 aliphatic heterocycles. The molecular weight excluding hydrogens is 370 g/mol. The lowest BCUT2D eigenvalue weighted by Gasteiger charge is -2.31. The smallest absolute Gasteiger partial charge is 0.250 e. The molecule has 1 aromatic rings. The summed E-state index contributed by atoms with van der Waals surface area (Å²) in [6.45, 7) is 5.27. The highest BCUT2D eigenvalue weighted by molar-refractivity contribution is 6.35. The first-order valence-electron chi connectivity index (χ1n) is 9.18. The number of fused-ring (bicyclic) bond motifs is 4. The molecule has 0 aliphatic carbocycles. The lowest BCUT2D eigenvalue weighted by molar-refractivity contribution is -0.145. The number of hydrogen-bond donors (Lipinski definition) is 3. The number of likely N-dealkylation sites (tertiary alicyclic amines) is 1. The van der Waals surface area contributed by atoms with Gasteiger partial charge in [-0.15, -0.1) is 0 Å². The zero-order valence-corrected chi connectivity index (χ0v) is 16.1. The molecule has 2 saturated heterocycles. The van der Waals surface area contributed by atoms with Crippen molar-refractivity contribution in [2.45, 2.75) is 50.9 Å². The lowest BCUT2D eigenvalue weighted by Crippen LogP contribution is -2.55. The number of hydrogen-bond acceptors (Lipinski definition) is 5. The van der Waals surface area contributed by atoms with Gasteiger partial charge in [0.25, 0.3) is 0 Å². The van der Waals surface area contributed by atoms with Crippen LogP contribution in [0.15, 0.2) is 18.2 Å². The molecule has 0 radical (unpaired) electrons. The summed E-state index contributed by atoms with van der Waals surface area (Å²) in [5, 5.41) is 16.6. The molecule has 1 spiro atoms. The fourth-order valence-electron chi connectivity index (χ4n) is 4.78. The van der Waals surface area contributed by atoms with Gasteiger partial charge in [-0.25, -0.2) is 0 Å². The molecule has 3 heterocycles. The fraction of sp³-hybridized carbons (Fsp3) is 0.526. The minimum Gasteiger partial charge on any atom is -0.392 e. The number of benzene rings is 1. The van der Waals surface area contributed by atoms with Crippen molar-refractivity contribution in [3.05, 3.63) is 28.8 Å². The van der Waals surface area contributed by atoms with Gasteiger partial charge in [0.15, 0.2) is 0 Å². The zero-order chi connectivity index (χ0) is 19.7. The molecular formula is C19H22ClN3O4. The van der Waals surface area contributed by atoms with E-state index in [9.17, 15) is 19.5 Å². The third-order valence-electron chi connectivity index (χ3n) is 6.22. The number of carbonyl (C=O) groups is 3. The van der Waals surface area contributed by atoms with Gasteiger partial charge in [-0.2, -0.15) is 0 Å². The average molecular weight is 392 g/mol. The Labute approximate surface area is 162 Å². The monoisotopic (exact) mass is 391 g/mol. The Morgan fingerprint density at radius 3 is 2.59 bits per heavy atom. The Morgan fingerprint density at radius 2 is 1.96 bits per heavy atom. The number of aliphatic hydroxyl groups excluding tert-OH is 1. The first-order valence-corrected chi connectivity index (χ1v) is 9.56. The van der Waals surface area contributed by atoms with Crippen molar-refractivity contribution in [3.8, 4) is 0 Å². The number of nitrogens with one attached hydrogen (secondary N) is 2. The molecule has 4 rings (SSSR count). The van der Waals surface area contributed by atoms with Crippen molar-refractivity contribution in [3.63, 3.8) is 0 Å². The molecule has 27 heavy (non-hydrogen) atoms. The summed E-state index contributed by atoms with van der Waals surface area (Å²) in [6.07, 6.45) is -0.299. The van der Waals surface area contributed by atoms with E-state index in [1.54, 1.807) is 25.1 Å². The number of rotatable bonds is 3. The predicted octanol–water partition coefficient (Wildman–Crippen LogP) is 1.24. The molecule has 3 amide bonds. The number of aliphatic hydroxyl groups is 1. The number of nitrogens with zero attached hydrogens (tertiary/aromatic N) is 1. The largest absolute Gasteiger partial charge is 0.392 e. The van der Waals surface area contributed by atoms with Gasteiger partial charge in [0, 0.05) is 17.6 Å². The van der Waals surface area contributed by atoms with E-state index in [0.717, 1.165) is 0 Å². The summed E-state index contributed by atoms with van der Waals surface area (Å²) in [7, 11) is 0. The van der Waals surface area contributed by atoms with Crippen molar-refractivity contribution in [2.75, 3.05) is 5.32 Å². The SMILES string of the molecule is CC[C@H](C)N1C(=O)[C@@H]2[C@@H]([C@@H](C)O)N[C@]3(C(=O)Nc4c(Cl)cccc43)[C@@H]2C1=O. The summed E-state index contributed by atoms with van der Waals surface area (Å²) in [5.74, 6) is -2.85. The Kier molecular flexibility index (Phi) is 4.10. The van der Waals surface area contributed by atoms with Crippen LogP contribution in [0.2, 0.25) is 5.02 Å². The van der Waals surface area contributed by atoms with Gasteiger partial charge in [0.1, 0.15) is 5.54 Å². The van der Waals surface area contributed by atoms with Crippen molar-refractivity contribution in [1.82, 2.24) is 10.2 Å². The summed E-state index contributed by atoms with van der Waals surface area (Å²) in [5.41, 5.74) is -0.421. The number of halogens is 1. The van der Waals surface area contributed by atoms with Crippen LogP contribution in [-0.2, 0) is 19.9 Å². The van der Waals surface area contributed by atoms with E-state index in [1.165, 1.54) is 4.90 Å². The molecule has 0 aromatic heterocycles. The van der Waals surface area contributed by atoms with Gasteiger partial charge in [-0.05, 0) is 26.3 Å². The second-order valence-corrected chi connectivity index (χ2v) is 8.05. The molecule has 2 fully saturated rings. The average Bonchev–Trinajstić information content (AvgIpc) is 3.21. The minimum absolute atomic E-state index is 0.273. The predicted molar refractivity (Wildman–Crippen MR) is 99.0 cm³/mol. The molecule has 0 unspecified atom stereocenters. The standard InChI is InChI=1S/C19H22ClN3O4/c1-4-8(2)23-16(25)12-13(17(23)26)19(22-14(12)9(3)24)10-6-5-7-11(20)15(10)21-18(19)27/h5-9,12-14,22,24H,4H2,1-3H3,(H,21,27)/t8-,9+,12-,13-,14+,19-/m0/s1. The Bertz CT molecular complexity index is 857. The lowest BCUT2D eigenvalue weighted by atomic mass is 9.76. The molecule has 1 aromatic carbocycles. The van der Waals surface area contributed by atoms with Crippen molar-refractivity contribution in [1.29, 1.82) is 0 Å². The van der Waals surface area contributed by atoms with Crippen molar-refractivity contribution in [2.24, 2.45) is 11.8 Å². The van der Waals surface area contributed by atoms with E-state index in [1.807, 2.05) is 13.8 Å². The van der Waals surface area contributed by atoms with Gasteiger partial charge in [0.2, 0.25) is 17.7 Å². The molecule has 7 nitrogen and oxygen atoms in total. The second-order valence-electron chi connectivity index (χ2n) is 7.64. The highest BCUT2D eigenvalue weighted by atomic mass is 35.5. The molecule has 6 atom stereocenters. The maximum absolute atomic E-state index is 13.3. The third kappa shape index (κ3) is 2.19. The fourth-order valence-corrected chi connectivity index (χ4v) is 5.00. The van der Waals surface area contributed by atoms with Crippen LogP contribution < -0.4 is 10.6 Å². The Morgan fingerprint density at radius 1 is 1.26 bits per heavy atom. The van der Waals surface area contributed by atoms with Crippen molar-refractivity contribution >= 4 is 35.0 Å². The third-order valence-corrected chi connectivity index (χ3v) is 6.53. The van der Waals surface area contributed by atoms with Gasteiger partial charge in [-0.1, -0.05) is 30.7 Å². The topological polar surface area (TPSA) is 98.7 Å². The van der Waals surface area contributed by atoms with Crippen LogP contribution in [0, 0.1) is 11.8 Å². The van der Waals surface area contributed by atoms with Gasteiger partial charge < -0.3 is 10.4 Å². The number of para-hydroxylation sites is 1. The van der Waals surface area contributed by atoms with E-state index >= 15 is 0 Å². The quantitative estimate of drug-likeness (QED) is 0.673. The molecule has 0 bridgehead atoms. The van der Waals surface area contributed by atoms with Crippen LogP contribution >= 0.6 is 11.6 Å². The van der Waals surface area contributed by atoms with Gasteiger partial charge >= 0.3 is 0 Å². The molecule has 3 aliphatic rings. The number of carbonyl (C=O) groups excluding carboxylic acids is 3. The summed E-state index contributed by atoms with van der Waals surface area (Å²) < 4.78 is 0. The molecule has 8 heteroatoms. The highest BCUT2D eigenvalue weighted by Gasteiger charge is 2.71. The van der Waals surface area contributed by atoms with Crippen LogP contribution in [0.3, 0.4) is 0 Å². The first kappa shape index (κ1) is 18.4. The number of amides is 3. The maximum atomic E-state index is 13.3. The van der Waals surface area contributed by atoms with E-state index < -0.39 is 35.4 Å². The van der Waals surface area contributed by atoms with E-state index in [-0.39, 0.29) is 17.9 Å². The highest BCUT2D eigenvalue weighted by Crippen LogP contribution is 2.54. The number of imide groups is 1. The number of anilines is 1. The van der Waals surface area contributed by atoms with Crippen LogP contribution in [-0.4, -0.2) is 45.9 Å². The van der Waals surface area contributed by atoms with Gasteiger partial charge in [-0.3, -0.25) is 24.6 Å². The first-order chi connectivity index (χ1) is 12.8.